The Morgan fingerprint density at radius 3 is 3.08 bits per heavy atom. The molecule has 1 aromatic rings. The summed E-state index contributed by atoms with van der Waals surface area (Å²) in [7, 11) is 1.87. The summed E-state index contributed by atoms with van der Waals surface area (Å²) in [6.07, 6.45) is 4.37. The number of nitrogens with zero attached hydrogens (tertiary/aromatic N) is 2. The number of carbonyl (C=O) groups is 1. The Morgan fingerprint density at radius 1 is 1.83 bits per heavy atom. The van der Waals surface area contributed by atoms with E-state index in [1.54, 1.807) is 6.33 Å². The van der Waals surface area contributed by atoms with Gasteiger partial charge < -0.3 is 9.40 Å². The standard InChI is InChI=1S/C7H11N3O2/c1-10-4-6(9-5-10)2-3-7(11)12-8/h4-5H,2-3,8H2,1H3. The first-order valence-corrected chi connectivity index (χ1v) is 3.59. The van der Waals surface area contributed by atoms with Crippen LogP contribution in [0.2, 0.25) is 0 Å². The lowest BCUT2D eigenvalue weighted by Crippen LogP contribution is -2.10. The van der Waals surface area contributed by atoms with Crippen LogP contribution in [0.4, 0.5) is 0 Å². The van der Waals surface area contributed by atoms with Crippen molar-refractivity contribution in [1.82, 2.24) is 9.55 Å². The molecule has 5 nitrogen and oxygen atoms in total. The van der Waals surface area contributed by atoms with Crippen LogP contribution in [0.25, 0.3) is 0 Å². The topological polar surface area (TPSA) is 70.1 Å². The number of nitrogens with two attached hydrogens (primary N) is 1. The molecule has 0 aliphatic rings. The molecule has 0 saturated heterocycles. The van der Waals surface area contributed by atoms with E-state index < -0.39 is 5.97 Å². The molecule has 0 atom stereocenters. The van der Waals surface area contributed by atoms with E-state index in [9.17, 15) is 4.79 Å². The van der Waals surface area contributed by atoms with Crippen molar-refractivity contribution >= 4 is 5.97 Å². The van der Waals surface area contributed by atoms with Crippen molar-refractivity contribution in [3.05, 3.63) is 18.2 Å². The highest BCUT2D eigenvalue weighted by molar-refractivity contribution is 5.69. The fraction of sp³-hybridized carbons (Fsp3) is 0.429. The molecule has 0 aliphatic carbocycles. The van der Waals surface area contributed by atoms with E-state index in [-0.39, 0.29) is 6.42 Å². The van der Waals surface area contributed by atoms with Crippen LogP contribution in [0, 0.1) is 0 Å². The van der Waals surface area contributed by atoms with Crippen molar-refractivity contribution in [3.8, 4) is 0 Å². The van der Waals surface area contributed by atoms with E-state index in [0.717, 1.165) is 5.69 Å². The van der Waals surface area contributed by atoms with Gasteiger partial charge >= 0.3 is 5.97 Å². The molecule has 1 rings (SSSR count). The molecule has 0 aliphatic heterocycles. The van der Waals surface area contributed by atoms with Crippen LogP contribution in [0.15, 0.2) is 12.5 Å². The normalized spacial score (nSPS) is 9.83. The average Bonchev–Trinajstić information content (AvgIpc) is 2.47. The largest absolute Gasteiger partial charge is 0.373 e. The third-order valence-electron chi connectivity index (χ3n) is 1.48. The van der Waals surface area contributed by atoms with Gasteiger partial charge in [-0.25, -0.2) is 4.98 Å². The highest BCUT2D eigenvalue weighted by atomic mass is 16.7. The van der Waals surface area contributed by atoms with Crippen LogP contribution in [-0.4, -0.2) is 15.5 Å². The zero-order chi connectivity index (χ0) is 8.97. The second kappa shape index (κ2) is 3.87. The predicted octanol–water partition coefficient (Wildman–Crippen LogP) is -0.230. The minimum Gasteiger partial charge on any atom is -0.373 e. The van der Waals surface area contributed by atoms with Crippen LogP contribution in [-0.2, 0) is 23.1 Å². The van der Waals surface area contributed by atoms with Gasteiger partial charge in [-0.1, -0.05) is 0 Å². The van der Waals surface area contributed by atoms with Gasteiger partial charge in [0.1, 0.15) is 0 Å². The summed E-state index contributed by atoms with van der Waals surface area (Å²) in [4.78, 5) is 18.7. The monoisotopic (exact) mass is 169 g/mol. The number of aromatic nitrogens is 2. The summed E-state index contributed by atoms with van der Waals surface area (Å²) in [6.45, 7) is 0. The molecule has 1 aromatic heterocycles. The maximum Gasteiger partial charge on any atom is 0.324 e. The van der Waals surface area contributed by atoms with E-state index in [2.05, 4.69) is 15.7 Å². The first kappa shape index (κ1) is 8.73. The van der Waals surface area contributed by atoms with Crippen molar-refractivity contribution in [2.75, 3.05) is 0 Å². The molecule has 0 unspecified atom stereocenters. The summed E-state index contributed by atoms with van der Waals surface area (Å²) in [5.41, 5.74) is 0.864. The minimum atomic E-state index is -0.416. The third kappa shape index (κ3) is 2.35. The predicted molar refractivity (Wildman–Crippen MR) is 41.8 cm³/mol. The molecular weight excluding hydrogens is 158 g/mol. The van der Waals surface area contributed by atoms with Crippen LogP contribution < -0.4 is 5.90 Å². The Balaban J connectivity index is 2.38. The van der Waals surface area contributed by atoms with E-state index in [0.29, 0.717) is 6.42 Å². The molecular formula is C7H11N3O2. The molecule has 0 amide bonds. The van der Waals surface area contributed by atoms with Gasteiger partial charge in [0.2, 0.25) is 0 Å². The van der Waals surface area contributed by atoms with Gasteiger partial charge in [-0.15, -0.1) is 0 Å². The lowest BCUT2D eigenvalue weighted by molar-refractivity contribution is -0.144. The zero-order valence-electron chi connectivity index (χ0n) is 6.86. The van der Waals surface area contributed by atoms with Crippen LogP contribution in [0.3, 0.4) is 0 Å². The zero-order valence-corrected chi connectivity index (χ0v) is 6.86. The molecule has 66 valence electrons. The SMILES string of the molecule is Cn1cnc(CCC(=O)ON)c1. The lowest BCUT2D eigenvalue weighted by Gasteiger charge is -1.94. The van der Waals surface area contributed by atoms with Gasteiger partial charge in [0, 0.05) is 19.7 Å². The molecule has 5 heteroatoms. The number of hydrogen-bond acceptors (Lipinski definition) is 4. The molecule has 2 N–H and O–H groups in total. The molecule has 0 aromatic carbocycles. The average molecular weight is 169 g/mol. The van der Waals surface area contributed by atoms with Crippen molar-refractivity contribution in [1.29, 1.82) is 0 Å². The molecule has 0 spiro atoms. The third-order valence-corrected chi connectivity index (χ3v) is 1.48. The van der Waals surface area contributed by atoms with Crippen LogP contribution in [0.5, 0.6) is 0 Å². The Morgan fingerprint density at radius 2 is 2.58 bits per heavy atom. The minimum absolute atomic E-state index is 0.271. The maximum absolute atomic E-state index is 10.6. The number of carbonyl (C=O) groups excluding carboxylic acids is 1. The maximum atomic E-state index is 10.6. The number of imidazole rings is 1. The molecule has 12 heavy (non-hydrogen) atoms. The fourth-order valence-electron chi connectivity index (χ4n) is 0.885. The second-order valence-corrected chi connectivity index (χ2v) is 2.52. The fourth-order valence-corrected chi connectivity index (χ4v) is 0.885. The number of hydrogen-bond donors (Lipinski definition) is 1. The van der Waals surface area contributed by atoms with Crippen molar-refractivity contribution < 1.29 is 9.63 Å². The highest BCUT2D eigenvalue weighted by Gasteiger charge is 2.03. The van der Waals surface area contributed by atoms with Gasteiger partial charge in [0.15, 0.2) is 0 Å². The van der Waals surface area contributed by atoms with E-state index in [4.69, 9.17) is 0 Å². The van der Waals surface area contributed by atoms with Gasteiger partial charge in [-0.3, -0.25) is 4.79 Å². The smallest absolute Gasteiger partial charge is 0.324 e. The van der Waals surface area contributed by atoms with Gasteiger partial charge in [-0.2, -0.15) is 5.90 Å². The van der Waals surface area contributed by atoms with E-state index in [1.165, 1.54) is 0 Å². The number of aryl methyl sites for hydroxylation is 2. The second-order valence-electron chi connectivity index (χ2n) is 2.52. The number of rotatable bonds is 3. The Hall–Kier alpha value is -1.36. The summed E-state index contributed by atoms with van der Waals surface area (Å²) in [5, 5.41) is 0. The quantitative estimate of drug-likeness (QED) is 0.634. The summed E-state index contributed by atoms with van der Waals surface area (Å²) >= 11 is 0. The summed E-state index contributed by atoms with van der Waals surface area (Å²) in [5.74, 6) is 4.25. The van der Waals surface area contributed by atoms with Crippen molar-refractivity contribution in [2.45, 2.75) is 12.8 Å². The lowest BCUT2D eigenvalue weighted by atomic mass is 10.2. The van der Waals surface area contributed by atoms with E-state index in [1.807, 2.05) is 17.8 Å². The van der Waals surface area contributed by atoms with Crippen LogP contribution >= 0.6 is 0 Å². The Labute approximate surface area is 70.1 Å². The van der Waals surface area contributed by atoms with Gasteiger partial charge in [-0.05, 0) is 0 Å². The summed E-state index contributed by atoms with van der Waals surface area (Å²) < 4.78 is 1.82. The molecule has 0 bridgehead atoms. The molecule has 0 saturated carbocycles. The van der Waals surface area contributed by atoms with Crippen molar-refractivity contribution in [3.63, 3.8) is 0 Å². The van der Waals surface area contributed by atoms with Gasteiger partial charge in [0.25, 0.3) is 0 Å². The Bertz CT molecular complexity index is 269. The first-order chi connectivity index (χ1) is 5.72. The highest BCUT2D eigenvalue weighted by Crippen LogP contribution is 1.98. The summed E-state index contributed by atoms with van der Waals surface area (Å²) in [6, 6.07) is 0. The van der Waals surface area contributed by atoms with Crippen molar-refractivity contribution in [2.24, 2.45) is 12.9 Å². The molecule has 1 heterocycles. The molecule has 0 radical (unpaired) electrons. The van der Waals surface area contributed by atoms with Crippen LogP contribution in [0.1, 0.15) is 12.1 Å². The Kier molecular flexibility index (Phi) is 2.82. The first-order valence-electron chi connectivity index (χ1n) is 3.59. The van der Waals surface area contributed by atoms with E-state index >= 15 is 0 Å². The van der Waals surface area contributed by atoms with Gasteiger partial charge in [0.05, 0.1) is 18.4 Å². The molecule has 0 fully saturated rings.